The second-order valence-electron chi connectivity index (χ2n) is 6.38. The van der Waals surface area contributed by atoms with Gasteiger partial charge in [0.25, 0.3) is 15.9 Å². The molecule has 0 spiro atoms. The van der Waals surface area contributed by atoms with Crippen molar-refractivity contribution >= 4 is 45.2 Å². The number of urea groups is 1. The summed E-state index contributed by atoms with van der Waals surface area (Å²) in [7, 11) is -2.67. The van der Waals surface area contributed by atoms with Crippen LogP contribution in [-0.4, -0.2) is 46.1 Å². The summed E-state index contributed by atoms with van der Waals surface area (Å²) in [6.07, 6.45) is -1.31. The predicted molar refractivity (Wildman–Crippen MR) is 117 cm³/mol. The van der Waals surface area contributed by atoms with Gasteiger partial charge in [0.15, 0.2) is 6.10 Å². The number of imide groups is 1. The van der Waals surface area contributed by atoms with Gasteiger partial charge >= 0.3 is 12.0 Å². The van der Waals surface area contributed by atoms with Crippen molar-refractivity contribution in [2.45, 2.75) is 24.8 Å². The number of carbonyl (C=O) groups excluding carboxylic acids is 3. The van der Waals surface area contributed by atoms with Crippen molar-refractivity contribution in [1.82, 2.24) is 10.6 Å². The van der Waals surface area contributed by atoms with Crippen LogP contribution in [0.1, 0.15) is 24.2 Å². The minimum atomic E-state index is -4.15. The molecule has 172 valence electrons. The number of halogens is 1. The first-order valence-electron chi connectivity index (χ1n) is 9.33. The zero-order valence-electron chi connectivity index (χ0n) is 17.5. The molecule has 32 heavy (non-hydrogen) atoms. The Morgan fingerprint density at radius 3 is 2.34 bits per heavy atom. The lowest BCUT2D eigenvalue weighted by molar-refractivity contribution is -0.127. The summed E-state index contributed by atoms with van der Waals surface area (Å²) < 4.78 is 38.0. The normalized spacial score (nSPS) is 11.8. The van der Waals surface area contributed by atoms with E-state index in [4.69, 9.17) is 21.1 Å². The molecule has 1 unspecified atom stereocenters. The zero-order chi connectivity index (χ0) is 23.9. The van der Waals surface area contributed by atoms with E-state index in [1.807, 2.05) is 5.32 Å². The van der Waals surface area contributed by atoms with Gasteiger partial charge in [-0.3, -0.25) is 14.8 Å². The molecule has 0 radical (unpaired) electrons. The molecule has 0 heterocycles. The smallest absolute Gasteiger partial charge is 0.338 e. The van der Waals surface area contributed by atoms with Gasteiger partial charge in [0.05, 0.1) is 17.7 Å². The maximum atomic E-state index is 12.8. The standard InChI is InChI=1S/C20H22ClN3O7S/c1-4-22-20(27)23-18(25)12(2)31-19(26)13-5-10-16(21)17(11-13)32(28,29)24-14-6-8-15(30-3)9-7-14/h5-12,24H,4H2,1-3H3,(H2,22,23,25,27). The third kappa shape index (κ3) is 6.59. The van der Waals surface area contributed by atoms with Crippen molar-refractivity contribution in [2.75, 3.05) is 18.4 Å². The average Bonchev–Trinajstić information content (AvgIpc) is 2.74. The van der Waals surface area contributed by atoms with Crippen LogP contribution in [0, 0.1) is 0 Å². The Balaban J connectivity index is 2.17. The van der Waals surface area contributed by atoms with Crippen LogP contribution in [0.3, 0.4) is 0 Å². The van der Waals surface area contributed by atoms with Crippen molar-refractivity contribution < 1.29 is 32.3 Å². The van der Waals surface area contributed by atoms with E-state index in [-0.39, 0.29) is 21.2 Å². The molecule has 0 aliphatic heterocycles. The topological polar surface area (TPSA) is 140 Å². The lowest BCUT2D eigenvalue weighted by atomic mass is 10.2. The van der Waals surface area contributed by atoms with Crippen LogP contribution >= 0.6 is 11.6 Å². The van der Waals surface area contributed by atoms with Crippen molar-refractivity contribution in [3.8, 4) is 5.75 Å². The summed E-state index contributed by atoms with van der Waals surface area (Å²) in [6, 6.07) is 8.91. The van der Waals surface area contributed by atoms with Crippen LogP contribution < -0.4 is 20.1 Å². The summed E-state index contributed by atoms with van der Waals surface area (Å²) in [4.78, 5) is 35.4. The lowest BCUT2D eigenvalue weighted by Gasteiger charge is -2.14. The fourth-order valence-corrected chi connectivity index (χ4v) is 3.99. The molecule has 3 N–H and O–H groups in total. The Labute approximate surface area is 190 Å². The van der Waals surface area contributed by atoms with Crippen LogP contribution in [0.4, 0.5) is 10.5 Å². The molecule has 0 aromatic heterocycles. The van der Waals surface area contributed by atoms with E-state index >= 15 is 0 Å². The largest absolute Gasteiger partial charge is 0.497 e. The number of nitrogens with one attached hydrogen (secondary N) is 3. The first kappa shape index (κ1) is 25.0. The van der Waals surface area contributed by atoms with Crippen LogP contribution in [0.25, 0.3) is 0 Å². The van der Waals surface area contributed by atoms with Gasteiger partial charge in [-0.1, -0.05) is 11.6 Å². The van der Waals surface area contributed by atoms with Crippen molar-refractivity contribution in [3.05, 3.63) is 53.1 Å². The number of methoxy groups -OCH3 is 1. The van der Waals surface area contributed by atoms with E-state index in [2.05, 4.69) is 10.0 Å². The van der Waals surface area contributed by atoms with E-state index in [0.29, 0.717) is 12.3 Å². The van der Waals surface area contributed by atoms with Crippen molar-refractivity contribution in [2.24, 2.45) is 0 Å². The molecule has 2 rings (SSSR count). The highest BCUT2D eigenvalue weighted by atomic mass is 35.5. The molecule has 0 saturated carbocycles. The summed E-state index contributed by atoms with van der Waals surface area (Å²) in [5.41, 5.74) is 0.104. The number of rotatable bonds is 8. The van der Waals surface area contributed by atoms with E-state index in [1.54, 1.807) is 19.1 Å². The van der Waals surface area contributed by atoms with E-state index in [9.17, 15) is 22.8 Å². The van der Waals surface area contributed by atoms with Gasteiger partial charge < -0.3 is 14.8 Å². The van der Waals surface area contributed by atoms with Crippen LogP contribution in [0.15, 0.2) is 47.4 Å². The summed E-state index contributed by atoms with van der Waals surface area (Å²) >= 11 is 6.04. The van der Waals surface area contributed by atoms with E-state index < -0.39 is 34.0 Å². The molecular formula is C20H22ClN3O7S. The van der Waals surface area contributed by atoms with Crippen LogP contribution in [0.2, 0.25) is 5.02 Å². The van der Waals surface area contributed by atoms with Gasteiger partial charge in [0, 0.05) is 12.2 Å². The SMILES string of the molecule is CCNC(=O)NC(=O)C(C)OC(=O)c1ccc(Cl)c(S(=O)(=O)Nc2ccc(OC)cc2)c1. The number of amides is 3. The first-order valence-corrected chi connectivity index (χ1v) is 11.2. The molecule has 2 aromatic carbocycles. The van der Waals surface area contributed by atoms with Crippen molar-refractivity contribution in [1.29, 1.82) is 0 Å². The Kier molecular flexibility index (Phi) is 8.44. The maximum Gasteiger partial charge on any atom is 0.338 e. The maximum absolute atomic E-state index is 12.8. The number of carbonyl (C=O) groups is 3. The second-order valence-corrected chi connectivity index (χ2v) is 8.43. The third-order valence-corrected chi connectivity index (χ3v) is 5.89. The summed E-state index contributed by atoms with van der Waals surface area (Å²) in [6.45, 7) is 3.24. The number of anilines is 1. The number of esters is 1. The predicted octanol–water partition coefficient (Wildman–Crippen LogP) is 2.54. The Bertz CT molecular complexity index is 1100. The molecule has 0 fully saturated rings. The fraction of sp³-hybridized carbons (Fsp3) is 0.250. The van der Waals surface area contributed by atoms with Crippen LogP contribution in [-0.2, 0) is 19.6 Å². The highest BCUT2D eigenvalue weighted by Crippen LogP contribution is 2.26. The highest BCUT2D eigenvalue weighted by Gasteiger charge is 2.24. The molecule has 0 aliphatic rings. The summed E-state index contributed by atoms with van der Waals surface area (Å²) in [5, 5.41) is 4.26. The highest BCUT2D eigenvalue weighted by molar-refractivity contribution is 7.92. The number of sulfonamides is 1. The number of hydrogen-bond donors (Lipinski definition) is 3. The van der Waals surface area contributed by atoms with Gasteiger partial charge in [-0.15, -0.1) is 0 Å². The zero-order valence-corrected chi connectivity index (χ0v) is 19.0. The molecule has 3 amide bonds. The van der Waals surface area contributed by atoms with E-state index in [0.717, 1.165) is 6.07 Å². The van der Waals surface area contributed by atoms with E-state index in [1.165, 1.54) is 38.3 Å². The lowest BCUT2D eigenvalue weighted by Crippen LogP contribution is -2.44. The fourth-order valence-electron chi connectivity index (χ4n) is 2.41. The molecule has 0 aliphatic carbocycles. The monoisotopic (exact) mass is 483 g/mol. The molecule has 0 saturated heterocycles. The molecule has 1 atom stereocenters. The minimum absolute atomic E-state index is 0.121. The molecule has 10 nitrogen and oxygen atoms in total. The quantitative estimate of drug-likeness (QED) is 0.490. The van der Waals surface area contributed by atoms with Crippen LogP contribution in [0.5, 0.6) is 5.75 Å². The minimum Gasteiger partial charge on any atom is -0.497 e. The Morgan fingerprint density at radius 1 is 1.09 bits per heavy atom. The number of hydrogen-bond acceptors (Lipinski definition) is 7. The van der Waals surface area contributed by atoms with Gasteiger partial charge in [-0.25, -0.2) is 18.0 Å². The third-order valence-electron chi connectivity index (χ3n) is 4.03. The Hall–Kier alpha value is -3.31. The molecular weight excluding hydrogens is 462 g/mol. The van der Waals surface area contributed by atoms with Gasteiger partial charge in [0.2, 0.25) is 0 Å². The average molecular weight is 484 g/mol. The second kappa shape index (κ2) is 10.8. The number of benzene rings is 2. The van der Waals surface area contributed by atoms with Gasteiger partial charge in [-0.2, -0.15) is 0 Å². The molecule has 2 aromatic rings. The number of ether oxygens (including phenoxy) is 2. The first-order chi connectivity index (χ1) is 15.1. The molecule has 0 bridgehead atoms. The summed E-state index contributed by atoms with van der Waals surface area (Å²) in [5.74, 6) is -1.27. The molecule has 12 heteroatoms. The van der Waals surface area contributed by atoms with Crippen molar-refractivity contribution in [3.63, 3.8) is 0 Å². The Morgan fingerprint density at radius 2 is 1.75 bits per heavy atom. The van der Waals surface area contributed by atoms with Gasteiger partial charge in [-0.05, 0) is 56.3 Å². The van der Waals surface area contributed by atoms with Gasteiger partial charge in [0.1, 0.15) is 10.6 Å².